The molecule has 0 heterocycles. The fraction of sp³-hybridized carbons (Fsp3) is 0.182. The fourth-order valence-electron chi connectivity index (χ4n) is 2.66. The highest BCUT2D eigenvalue weighted by molar-refractivity contribution is 6.42. The van der Waals surface area contributed by atoms with Gasteiger partial charge in [-0.1, -0.05) is 30.3 Å². The summed E-state index contributed by atoms with van der Waals surface area (Å²) in [5.41, 5.74) is 0.259. The number of ketones is 1. The number of carbonyl (C=O) groups excluding carboxylic acids is 2. The van der Waals surface area contributed by atoms with Crippen LogP contribution in [0.15, 0.2) is 66.7 Å². The Morgan fingerprint density at radius 1 is 0.821 bits per heavy atom. The second kappa shape index (κ2) is 9.53. The molecule has 6 heteroatoms. The fourth-order valence-corrected chi connectivity index (χ4v) is 2.66. The summed E-state index contributed by atoms with van der Waals surface area (Å²) in [6.07, 6.45) is 0. The number of hydrogen-bond donors (Lipinski definition) is 2. The molecule has 144 valence electrons. The monoisotopic (exact) mass is 379 g/mol. The van der Waals surface area contributed by atoms with Crippen LogP contribution in [0.3, 0.4) is 0 Å². The first-order valence-corrected chi connectivity index (χ1v) is 8.95. The summed E-state index contributed by atoms with van der Waals surface area (Å²) >= 11 is 0. The minimum Gasteiger partial charge on any atom is -0.490 e. The van der Waals surface area contributed by atoms with Crippen molar-refractivity contribution in [1.29, 1.82) is 0 Å². The van der Waals surface area contributed by atoms with Crippen LogP contribution < -0.4 is 14.8 Å². The van der Waals surface area contributed by atoms with Crippen molar-refractivity contribution >= 4 is 22.5 Å². The van der Waals surface area contributed by atoms with Crippen LogP contribution in [0.1, 0.15) is 10.4 Å². The molecule has 2 N–H and O–H groups in total. The minimum absolute atomic E-state index is 0.0446. The average molecular weight is 379 g/mol. The third kappa shape index (κ3) is 5.08. The molecule has 0 fully saturated rings. The number of Topliss-reactive ketones (excluding diaryl/α,β-unsaturated/α-hetero) is 1. The van der Waals surface area contributed by atoms with Crippen molar-refractivity contribution in [3.63, 3.8) is 0 Å². The SMILES string of the molecule is O=C(NCCO)C(=O)c1ccc(OCCOc2ccc3ccccc3c2)cc1. The first kappa shape index (κ1) is 19.4. The Balaban J connectivity index is 1.46. The van der Waals surface area contributed by atoms with Crippen molar-refractivity contribution < 1.29 is 24.2 Å². The van der Waals surface area contributed by atoms with Crippen LogP contribution in [0.5, 0.6) is 11.5 Å². The van der Waals surface area contributed by atoms with E-state index in [1.807, 2.05) is 42.5 Å². The average Bonchev–Trinajstić information content (AvgIpc) is 2.75. The molecule has 0 bridgehead atoms. The number of nitrogens with one attached hydrogen (secondary N) is 1. The molecular formula is C22H21NO5. The highest BCUT2D eigenvalue weighted by Gasteiger charge is 2.15. The van der Waals surface area contributed by atoms with Crippen molar-refractivity contribution in [1.82, 2.24) is 5.32 Å². The van der Waals surface area contributed by atoms with Crippen LogP contribution in [0, 0.1) is 0 Å². The Morgan fingerprint density at radius 3 is 2.18 bits per heavy atom. The lowest BCUT2D eigenvalue weighted by Gasteiger charge is -2.09. The lowest BCUT2D eigenvalue weighted by molar-refractivity contribution is -0.117. The maximum absolute atomic E-state index is 11.9. The molecule has 0 aliphatic heterocycles. The van der Waals surface area contributed by atoms with Gasteiger partial charge < -0.3 is 19.9 Å². The highest BCUT2D eigenvalue weighted by Crippen LogP contribution is 2.20. The van der Waals surface area contributed by atoms with Gasteiger partial charge in [-0.3, -0.25) is 9.59 Å². The van der Waals surface area contributed by atoms with E-state index < -0.39 is 11.7 Å². The summed E-state index contributed by atoms with van der Waals surface area (Å²) in [4.78, 5) is 23.5. The van der Waals surface area contributed by atoms with E-state index >= 15 is 0 Å². The summed E-state index contributed by atoms with van der Waals surface area (Å²) in [6, 6.07) is 20.3. The summed E-state index contributed by atoms with van der Waals surface area (Å²) in [7, 11) is 0. The first-order chi connectivity index (χ1) is 13.7. The van der Waals surface area contributed by atoms with E-state index in [0.717, 1.165) is 16.5 Å². The molecule has 28 heavy (non-hydrogen) atoms. The molecule has 3 aromatic rings. The van der Waals surface area contributed by atoms with Gasteiger partial charge in [-0.15, -0.1) is 0 Å². The molecule has 0 aliphatic carbocycles. The lowest BCUT2D eigenvalue weighted by Crippen LogP contribution is -2.33. The molecular weight excluding hydrogens is 358 g/mol. The number of carbonyl (C=O) groups is 2. The summed E-state index contributed by atoms with van der Waals surface area (Å²) in [5.74, 6) is -0.0438. The quantitative estimate of drug-likeness (QED) is 0.339. The number of rotatable bonds is 9. The Labute approximate surface area is 162 Å². The molecule has 0 atom stereocenters. The Morgan fingerprint density at radius 2 is 1.46 bits per heavy atom. The normalized spacial score (nSPS) is 10.5. The van der Waals surface area contributed by atoms with Crippen molar-refractivity contribution in [2.75, 3.05) is 26.4 Å². The second-order valence-electron chi connectivity index (χ2n) is 6.04. The van der Waals surface area contributed by atoms with Gasteiger partial charge in [-0.2, -0.15) is 0 Å². The minimum atomic E-state index is -0.744. The topological polar surface area (TPSA) is 84.9 Å². The van der Waals surface area contributed by atoms with Crippen LogP contribution in [-0.4, -0.2) is 43.2 Å². The Hall–Kier alpha value is -3.38. The predicted molar refractivity (Wildman–Crippen MR) is 106 cm³/mol. The number of amides is 1. The van der Waals surface area contributed by atoms with Crippen molar-refractivity contribution in [2.45, 2.75) is 0 Å². The third-order valence-electron chi connectivity index (χ3n) is 4.06. The van der Waals surface area contributed by atoms with Gasteiger partial charge in [-0.25, -0.2) is 0 Å². The van der Waals surface area contributed by atoms with E-state index in [0.29, 0.717) is 19.0 Å². The zero-order chi connectivity index (χ0) is 19.8. The van der Waals surface area contributed by atoms with Crippen LogP contribution >= 0.6 is 0 Å². The smallest absolute Gasteiger partial charge is 0.292 e. The molecule has 0 saturated carbocycles. The van der Waals surface area contributed by atoms with Gasteiger partial charge in [-0.05, 0) is 47.2 Å². The first-order valence-electron chi connectivity index (χ1n) is 8.95. The Bertz CT molecular complexity index is 953. The van der Waals surface area contributed by atoms with E-state index in [1.54, 1.807) is 12.1 Å². The molecule has 6 nitrogen and oxygen atoms in total. The van der Waals surface area contributed by atoms with Gasteiger partial charge in [0.15, 0.2) is 0 Å². The van der Waals surface area contributed by atoms with Crippen LogP contribution in [0.4, 0.5) is 0 Å². The van der Waals surface area contributed by atoms with Crippen molar-refractivity contribution in [2.24, 2.45) is 0 Å². The zero-order valence-corrected chi connectivity index (χ0v) is 15.3. The molecule has 0 aromatic heterocycles. The van der Waals surface area contributed by atoms with Crippen LogP contribution in [0.2, 0.25) is 0 Å². The van der Waals surface area contributed by atoms with Gasteiger partial charge in [0.25, 0.3) is 5.91 Å². The molecule has 0 saturated heterocycles. The van der Waals surface area contributed by atoms with Crippen molar-refractivity contribution in [3.8, 4) is 11.5 Å². The van der Waals surface area contributed by atoms with E-state index in [9.17, 15) is 9.59 Å². The van der Waals surface area contributed by atoms with Gasteiger partial charge in [0.2, 0.25) is 5.78 Å². The van der Waals surface area contributed by atoms with Gasteiger partial charge in [0, 0.05) is 12.1 Å². The standard InChI is InChI=1S/C22H21NO5/c24-12-11-23-22(26)21(25)17-6-8-19(9-7-17)27-13-14-28-20-10-5-16-3-1-2-4-18(16)15-20/h1-10,15,24H,11-14H2,(H,23,26). The van der Waals surface area contributed by atoms with Crippen LogP contribution in [0.25, 0.3) is 10.8 Å². The number of ether oxygens (including phenoxy) is 2. The molecule has 0 aliphatic rings. The predicted octanol–water partition coefficient (Wildman–Crippen LogP) is 2.59. The molecule has 0 unspecified atom stereocenters. The zero-order valence-electron chi connectivity index (χ0n) is 15.3. The van der Waals surface area contributed by atoms with Crippen molar-refractivity contribution in [3.05, 3.63) is 72.3 Å². The van der Waals surface area contributed by atoms with Gasteiger partial charge in [0.05, 0.1) is 6.61 Å². The molecule has 0 radical (unpaired) electrons. The van der Waals surface area contributed by atoms with Gasteiger partial charge in [0.1, 0.15) is 24.7 Å². The second-order valence-corrected chi connectivity index (χ2v) is 6.04. The highest BCUT2D eigenvalue weighted by atomic mass is 16.5. The summed E-state index contributed by atoms with van der Waals surface area (Å²) < 4.78 is 11.3. The number of aliphatic hydroxyl groups is 1. The van der Waals surface area contributed by atoms with E-state index in [2.05, 4.69) is 5.32 Å². The third-order valence-corrected chi connectivity index (χ3v) is 4.06. The van der Waals surface area contributed by atoms with Gasteiger partial charge >= 0.3 is 0 Å². The summed E-state index contributed by atoms with van der Waals surface area (Å²) in [6.45, 7) is 0.551. The molecule has 1 amide bonds. The number of hydrogen-bond acceptors (Lipinski definition) is 5. The summed E-state index contributed by atoms with van der Waals surface area (Å²) in [5, 5.41) is 13.3. The number of benzene rings is 3. The van der Waals surface area contributed by atoms with E-state index in [4.69, 9.17) is 14.6 Å². The number of fused-ring (bicyclic) bond motifs is 1. The van der Waals surface area contributed by atoms with E-state index in [1.165, 1.54) is 12.1 Å². The maximum atomic E-state index is 11.9. The molecule has 3 rings (SSSR count). The lowest BCUT2D eigenvalue weighted by atomic mass is 10.1. The largest absolute Gasteiger partial charge is 0.490 e. The maximum Gasteiger partial charge on any atom is 0.292 e. The number of aliphatic hydroxyl groups excluding tert-OH is 1. The molecule has 3 aromatic carbocycles. The molecule has 0 spiro atoms. The van der Waals surface area contributed by atoms with E-state index in [-0.39, 0.29) is 18.7 Å². The van der Waals surface area contributed by atoms with Crippen LogP contribution in [-0.2, 0) is 4.79 Å². The Kier molecular flexibility index (Phi) is 6.59.